The molecule has 0 saturated carbocycles. The molecule has 0 spiro atoms. The van der Waals surface area contributed by atoms with Gasteiger partial charge in [-0.25, -0.2) is 14.4 Å². The van der Waals surface area contributed by atoms with E-state index in [4.69, 9.17) is 0 Å². The number of aromatic nitrogens is 2. The molecule has 0 aliphatic carbocycles. The molecule has 6 heteroatoms. The number of halogens is 1. The average molecular weight is 378 g/mol. The topological polar surface area (TPSA) is 66.9 Å². The van der Waals surface area contributed by atoms with Crippen LogP contribution in [0.25, 0.3) is 0 Å². The van der Waals surface area contributed by atoms with Crippen molar-refractivity contribution in [2.24, 2.45) is 0 Å². The quantitative estimate of drug-likeness (QED) is 0.639. The number of carbonyl (C=O) groups excluding carboxylic acids is 1. The fourth-order valence-corrected chi connectivity index (χ4v) is 2.97. The molecule has 1 amide bonds. The van der Waals surface area contributed by atoms with E-state index in [0.717, 1.165) is 29.7 Å². The fourth-order valence-electron chi connectivity index (χ4n) is 2.97. The first-order chi connectivity index (χ1) is 13.6. The lowest BCUT2D eigenvalue weighted by Crippen LogP contribution is -2.24. The Morgan fingerprint density at radius 2 is 1.64 bits per heavy atom. The molecule has 1 aromatic heterocycles. The second kappa shape index (κ2) is 9.08. The van der Waals surface area contributed by atoms with E-state index < -0.39 is 0 Å². The first kappa shape index (κ1) is 19.5. The predicted molar refractivity (Wildman–Crippen MR) is 108 cm³/mol. The maximum absolute atomic E-state index is 13.7. The summed E-state index contributed by atoms with van der Waals surface area (Å²) >= 11 is 0. The largest absolute Gasteiger partial charge is 0.347 e. The zero-order valence-corrected chi connectivity index (χ0v) is 16.0. The van der Waals surface area contributed by atoms with Gasteiger partial charge in [0.1, 0.15) is 11.5 Å². The zero-order chi connectivity index (χ0) is 19.9. The van der Waals surface area contributed by atoms with Crippen LogP contribution in [0.3, 0.4) is 0 Å². The van der Waals surface area contributed by atoms with Crippen LogP contribution in [0.4, 0.5) is 16.0 Å². The average Bonchev–Trinajstić information content (AvgIpc) is 2.73. The van der Waals surface area contributed by atoms with E-state index in [2.05, 4.69) is 46.6 Å². The minimum absolute atomic E-state index is 0.0942. The highest BCUT2D eigenvalue weighted by Gasteiger charge is 2.12. The van der Waals surface area contributed by atoms with E-state index in [0.29, 0.717) is 11.5 Å². The van der Waals surface area contributed by atoms with Crippen molar-refractivity contribution in [2.45, 2.75) is 33.2 Å². The number of aryl methyl sites for hydroxylation is 2. The molecule has 0 bridgehead atoms. The molecule has 0 radical (unpaired) electrons. The van der Waals surface area contributed by atoms with E-state index in [-0.39, 0.29) is 24.0 Å². The highest BCUT2D eigenvalue weighted by molar-refractivity contribution is 5.92. The van der Waals surface area contributed by atoms with Crippen molar-refractivity contribution in [2.75, 3.05) is 5.32 Å². The van der Waals surface area contributed by atoms with Crippen molar-refractivity contribution >= 4 is 17.5 Å². The normalized spacial score (nSPS) is 10.5. The summed E-state index contributed by atoms with van der Waals surface area (Å²) in [7, 11) is 0. The summed E-state index contributed by atoms with van der Waals surface area (Å²) in [6, 6.07) is 14.0. The van der Waals surface area contributed by atoms with Crippen LogP contribution in [-0.2, 0) is 19.4 Å². The summed E-state index contributed by atoms with van der Waals surface area (Å²) in [5.74, 6) is -0.376. The first-order valence-corrected chi connectivity index (χ1v) is 9.34. The zero-order valence-electron chi connectivity index (χ0n) is 16.0. The lowest BCUT2D eigenvalue weighted by atomic mass is 10.0. The third-order valence-corrected chi connectivity index (χ3v) is 4.52. The van der Waals surface area contributed by atoms with Crippen LogP contribution < -0.4 is 10.6 Å². The summed E-state index contributed by atoms with van der Waals surface area (Å²) in [5.41, 5.74) is 3.96. The maximum atomic E-state index is 13.7. The molecule has 0 unspecified atom stereocenters. The minimum atomic E-state index is -0.381. The highest BCUT2D eigenvalue weighted by Crippen LogP contribution is 2.25. The van der Waals surface area contributed by atoms with Gasteiger partial charge in [0.15, 0.2) is 0 Å². The van der Waals surface area contributed by atoms with Crippen molar-refractivity contribution < 1.29 is 9.18 Å². The summed E-state index contributed by atoms with van der Waals surface area (Å²) in [4.78, 5) is 21.0. The van der Waals surface area contributed by atoms with Crippen molar-refractivity contribution in [3.8, 4) is 0 Å². The molecule has 3 rings (SSSR count). The number of hydrogen-bond donors (Lipinski definition) is 2. The van der Waals surface area contributed by atoms with Gasteiger partial charge in [-0.3, -0.25) is 4.79 Å². The van der Waals surface area contributed by atoms with Gasteiger partial charge in [0.25, 0.3) is 5.91 Å². The standard InChI is InChI=1S/C22H23FN4O/c1-3-15-9-7-10-16(4-2)20(15)27-22-24-13-12-19(26-22)21(28)25-14-17-8-5-6-11-18(17)23/h5-13H,3-4,14H2,1-2H3,(H,25,28)(H,24,26,27). The van der Waals surface area contributed by atoms with Crippen LogP contribution in [0.5, 0.6) is 0 Å². The van der Waals surface area contributed by atoms with Gasteiger partial charge in [-0.2, -0.15) is 0 Å². The van der Waals surface area contributed by atoms with E-state index in [1.807, 2.05) is 6.07 Å². The predicted octanol–water partition coefficient (Wildman–Crippen LogP) is 4.41. The lowest BCUT2D eigenvalue weighted by molar-refractivity contribution is 0.0945. The molecule has 2 N–H and O–H groups in total. The van der Waals surface area contributed by atoms with E-state index in [9.17, 15) is 9.18 Å². The van der Waals surface area contributed by atoms with Crippen molar-refractivity contribution in [3.05, 3.63) is 82.9 Å². The van der Waals surface area contributed by atoms with E-state index in [1.165, 1.54) is 18.3 Å². The number of benzene rings is 2. The minimum Gasteiger partial charge on any atom is -0.347 e. The molecule has 0 aliphatic rings. The molecule has 144 valence electrons. The lowest BCUT2D eigenvalue weighted by Gasteiger charge is -2.14. The third kappa shape index (κ3) is 4.52. The number of nitrogens with zero attached hydrogens (tertiary/aromatic N) is 2. The van der Waals surface area contributed by atoms with Crippen LogP contribution in [0.2, 0.25) is 0 Å². The molecule has 0 saturated heterocycles. The molecular weight excluding hydrogens is 355 g/mol. The number of nitrogens with one attached hydrogen (secondary N) is 2. The van der Waals surface area contributed by atoms with Crippen LogP contribution in [0.1, 0.15) is 41.0 Å². The van der Waals surface area contributed by atoms with Gasteiger partial charge < -0.3 is 10.6 Å². The van der Waals surface area contributed by atoms with E-state index in [1.54, 1.807) is 18.2 Å². The molecule has 5 nitrogen and oxygen atoms in total. The van der Waals surface area contributed by atoms with Crippen LogP contribution in [-0.4, -0.2) is 15.9 Å². The van der Waals surface area contributed by atoms with Crippen molar-refractivity contribution in [1.29, 1.82) is 0 Å². The SMILES string of the molecule is CCc1cccc(CC)c1Nc1nccc(C(=O)NCc2ccccc2F)n1. The number of amides is 1. The summed E-state index contributed by atoms with van der Waals surface area (Å²) in [5, 5.41) is 5.95. The number of rotatable bonds is 7. The van der Waals surface area contributed by atoms with Gasteiger partial charge in [-0.1, -0.05) is 50.2 Å². The van der Waals surface area contributed by atoms with Gasteiger partial charge in [0.05, 0.1) is 0 Å². The Morgan fingerprint density at radius 3 is 2.32 bits per heavy atom. The number of para-hydroxylation sites is 1. The van der Waals surface area contributed by atoms with Crippen molar-refractivity contribution in [3.63, 3.8) is 0 Å². The second-order valence-electron chi connectivity index (χ2n) is 6.32. The van der Waals surface area contributed by atoms with Crippen molar-refractivity contribution in [1.82, 2.24) is 15.3 Å². The van der Waals surface area contributed by atoms with Gasteiger partial charge >= 0.3 is 0 Å². The maximum Gasteiger partial charge on any atom is 0.270 e. The van der Waals surface area contributed by atoms with Crippen LogP contribution in [0.15, 0.2) is 54.7 Å². The fraction of sp³-hybridized carbons (Fsp3) is 0.227. The second-order valence-corrected chi connectivity index (χ2v) is 6.32. The Bertz CT molecular complexity index is 952. The molecule has 1 heterocycles. The van der Waals surface area contributed by atoms with Gasteiger partial charge in [-0.05, 0) is 36.1 Å². The molecule has 28 heavy (non-hydrogen) atoms. The summed E-state index contributed by atoms with van der Waals surface area (Å²) in [6.45, 7) is 4.28. The third-order valence-electron chi connectivity index (χ3n) is 4.52. The number of carbonyl (C=O) groups is 1. The van der Waals surface area contributed by atoms with Crippen LogP contribution >= 0.6 is 0 Å². The highest BCUT2D eigenvalue weighted by atomic mass is 19.1. The Balaban J connectivity index is 1.76. The smallest absolute Gasteiger partial charge is 0.270 e. The number of anilines is 2. The molecule has 0 atom stereocenters. The summed E-state index contributed by atoms with van der Waals surface area (Å²) in [6.07, 6.45) is 3.28. The number of hydrogen-bond acceptors (Lipinski definition) is 4. The van der Waals surface area contributed by atoms with Gasteiger partial charge in [0, 0.05) is 24.0 Å². The Morgan fingerprint density at radius 1 is 0.964 bits per heavy atom. The Kier molecular flexibility index (Phi) is 6.32. The first-order valence-electron chi connectivity index (χ1n) is 9.34. The van der Waals surface area contributed by atoms with E-state index >= 15 is 0 Å². The Labute approximate surface area is 164 Å². The Hall–Kier alpha value is -3.28. The molecule has 0 fully saturated rings. The van der Waals surface area contributed by atoms with Gasteiger partial charge in [0.2, 0.25) is 5.95 Å². The molecule has 3 aromatic rings. The summed E-state index contributed by atoms with van der Waals surface area (Å²) < 4.78 is 13.7. The molecule has 2 aromatic carbocycles. The monoisotopic (exact) mass is 378 g/mol. The van der Waals surface area contributed by atoms with Crippen LogP contribution in [0, 0.1) is 5.82 Å². The molecule has 0 aliphatic heterocycles. The molecular formula is C22H23FN4O. The van der Waals surface area contributed by atoms with Gasteiger partial charge in [-0.15, -0.1) is 0 Å².